The van der Waals surface area contributed by atoms with Crippen LogP contribution in [-0.2, 0) is 16.1 Å². The highest BCUT2D eigenvalue weighted by Crippen LogP contribution is 2.24. The molecule has 4 nitrogen and oxygen atoms in total. The average molecular weight is 299 g/mol. The Bertz CT molecular complexity index is 608. The lowest BCUT2D eigenvalue weighted by Gasteiger charge is -2.08. The van der Waals surface area contributed by atoms with Crippen molar-refractivity contribution in [3.8, 4) is 11.5 Å². The molecule has 0 fully saturated rings. The maximum atomic E-state index is 11.2. The molecule has 0 aliphatic carbocycles. The van der Waals surface area contributed by atoms with Crippen molar-refractivity contribution in [2.45, 2.75) is 20.0 Å². The fourth-order valence-electron chi connectivity index (χ4n) is 1.89. The molecule has 0 saturated carbocycles. The lowest BCUT2D eigenvalue weighted by atomic mass is 10.2. The molecule has 0 bridgehead atoms. The van der Waals surface area contributed by atoms with Crippen LogP contribution in [0.4, 0.5) is 5.69 Å². The fourth-order valence-corrected chi connectivity index (χ4v) is 1.89. The second kappa shape index (κ2) is 8.20. The van der Waals surface area contributed by atoms with Gasteiger partial charge in [-0.15, -0.1) is 0 Å². The second-order valence-corrected chi connectivity index (χ2v) is 4.91. The number of ketones is 1. The van der Waals surface area contributed by atoms with Crippen molar-refractivity contribution < 1.29 is 14.3 Å². The van der Waals surface area contributed by atoms with Crippen LogP contribution in [0.5, 0.6) is 11.5 Å². The molecule has 2 aromatic rings. The number of hydrogen-bond acceptors (Lipinski definition) is 4. The van der Waals surface area contributed by atoms with E-state index in [9.17, 15) is 4.79 Å². The zero-order chi connectivity index (χ0) is 15.8. The Morgan fingerprint density at radius 3 is 2.55 bits per heavy atom. The molecular weight excluding hydrogens is 278 g/mol. The van der Waals surface area contributed by atoms with Crippen LogP contribution >= 0.6 is 0 Å². The average Bonchev–Trinajstić information content (AvgIpc) is 2.56. The van der Waals surface area contributed by atoms with Gasteiger partial charge in [0.2, 0.25) is 0 Å². The molecule has 0 aromatic heterocycles. The molecule has 116 valence electrons. The van der Waals surface area contributed by atoms with E-state index in [4.69, 9.17) is 9.47 Å². The predicted octanol–water partition coefficient (Wildman–Crippen LogP) is 4.02. The molecule has 0 heterocycles. The van der Waals surface area contributed by atoms with E-state index in [0.717, 1.165) is 22.7 Å². The summed E-state index contributed by atoms with van der Waals surface area (Å²) in [7, 11) is 1.87. The van der Waals surface area contributed by atoms with Crippen molar-refractivity contribution in [1.82, 2.24) is 0 Å². The highest BCUT2D eigenvalue weighted by atomic mass is 16.5. The molecule has 0 atom stereocenters. The summed E-state index contributed by atoms with van der Waals surface area (Å²) in [6.45, 7) is 2.44. The fraction of sp³-hybridized carbons (Fsp3) is 0.278. The summed E-state index contributed by atoms with van der Waals surface area (Å²) in [6, 6.07) is 15.4. The minimum atomic E-state index is 0.115. The smallest absolute Gasteiger partial charge is 0.158 e. The molecule has 0 saturated heterocycles. The summed E-state index contributed by atoms with van der Waals surface area (Å²) >= 11 is 0. The van der Waals surface area contributed by atoms with Crippen molar-refractivity contribution >= 4 is 11.5 Å². The third kappa shape index (κ3) is 4.90. The van der Waals surface area contributed by atoms with Crippen LogP contribution in [0.25, 0.3) is 0 Å². The van der Waals surface area contributed by atoms with E-state index in [2.05, 4.69) is 5.32 Å². The number of benzene rings is 2. The van der Waals surface area contributed by atoms with Crippen molar-refractivity contribution in [2.75, 3.05) is 19.0 Å². The molecule has 0 spiro atoms. The maximum absolute atomic E-state index is 11.2. The van der Waals surface area contributed by atoms with E-state index in [1.807, 2.05) is 62.5 Å². The van der Waals surface area contributed by atoms with Crippen LogP contribution in [0.1, 0.15) is 18.9 Å². The first-order valence-corrected chi connectivity index (χ1v) is 7.35. The number of rotatable bonds is 8. The van der Waals surface area contributed by atoms with Gasteiger partial charge in [-0.2, -0.15) is 0 Å². The Hall–Kier alpha value is -2.33. The third-order valence-corrected chi connectivity index (χ3v) is 3.21. The number of anilines is 1. The van der Waals surface area contributed by atoms with Gasteiger partial charge in [-0.05, 0) is 29.8 Å². The Kier molecular flexibility index (Phi) is 5.98. The standard InChI is InChI=1S/C18H21NO3/c1-3-16(20)13-21-12-14-7-9-17(10-8-14)22-18-6-4-5-15(11-18)19-2/h4-11,19H,3,12-13H2,1-2H3. The van der Waals surface area contributed by atoms with Gasteiger partial charge in [-0.25, -0.2) is 0 Å². The summed E-state index contributed by atoms with van der Waals surface area (Å²) < 4.78 is 11.2. The van der Waals surface area contributed by atoms with E-state index in [0.29, 0.717) is 13.0 Å². The van der Waals surface area contributed by atoms with Gasteiger partial charge in [0.1, 0.15) is 18.1 Å². The summed E-state index contributed by atoms with van der Waals surface area (Å²) in [5, 5.41) is 3.08. The van der Waals surface area contributed by atoms with Crippen molar-refractivity contribution in [3.63, 3.8) is 0 Å². The molecule has 2 rings (SSSR count). The molecule has 22 heavy (non-hydrogen) atoms. The number of carbonyl (C=O) groups is 1. The SMILES string of the molecule is CCC(=O)COCc1ccc(Oc2cccc(NC)c2)cc1. The zero-order valence-electron chi connectivity index (χ0n) is 13.0. The maximum Gasteiger partial charge on any atom is 0.158 e. The first-order valence-electron chi connectivity index (χ1n) is 7.35. The third-order valence-electron chi connectivity index (χ3n) is 3.21. The molecule has 0 aliphatic heterocycles. The quantitative estimate of drug-likeness (QED) is 0.800. The van der Waals surface area contributed by atoms with Gasteiger partial charge in [0.25, 0.3) is 0 Å². The normalized spacial score (nSPS) is 10.3. The molecule has 1 N–H and O–H groups in total. The minimum Gasteiger partial charge on any atom is -0.457 e. The molecule has 2 aromatic carbocycles. The van der Waals surface area contributed by atoms with E-state index >= 15 is 0 Å². The van der Waals surface area contributed by atoms with Gasteiger partial charge >= 0.3 is 0 Å². The van der Waals surface area contributed by atoms with Gasteiger partial charge in [-0.3, -0.25) is 4.79 Å². The van der Waals surface area contributed by atoms with E-state index in [1.165, 1.54) is 0 Å². The summed E-state index contributed by atoms with van der Waals surface area (Å²) in [5.41, 5.74) is 2.02. The zero-order valence-corrected chi connectivity index (χ0v) is 13.0. The highest BCUT2D eigenvalue weighted by Gasteiger charge is 2.01. The van der Waals surface area contributed by atoms with Crippen LogP contribution < -0.4 is 10.1 Å². The van der Waals surface area contributed by atoms with Crippen molar-refractivity contribution in [1.29, 1.82) is 0 Å². The molecule has 0 amide bonds. The Labute approximate surface area is 131 Å². The van der Waals surface area contributed by atoms with Crippen LogP contribution in [0.15, 0.2) is 48.5 Å². The molecule has 4 heteroatoms. The van der Waals surface area contributed by atoms with Gasteiger partial charge in [0.05, 0.1) is 6.61 Å². The topological polar surface area (TPSA) is 47.6 Å². The number of ether oxygens (including phenoxy) is 2. The number of carbonyl (C=O) groups excluding carboxylic acids is 1. The van der Waals surface area contributed by atoms with E-state index in [-0.39, 0.29) is 12.4 Å². The Balaban J connectivity index is 1.89. The van der Waals surface area contributed by atoms with Crippen LogP contribution in [0.2, 0.25) is 0 Å². The van der Waals surface area contributed by atoms with Gasteiger partial charge in [-0.1, -0.05) is 25.1 Å². The first-order chi connectivity index (χ1) is 10.7. The van der Waals surface area contributed by atoms with E-state index in [1.54, 1.807) is 0 Å². The minimum absolute atomic E-state index is 0.115. The highest BCUT2D eigenvalue weighted by molar-refractivity contribution is 5.79. The summed E-state index contributed by atoms with van der Waals surface area (Å²) in [5.74, 6) is 1.66. The number of hydrogen-bond donors (Lipinski definition) is 1. The lowest BCUT2D eigenvalue weighted by molar-refractivity contribution is -0.123. The van der Waals surface area contributed by atoms with Gasteiger partial charge in [0, 0.05) is 25.2 Å². The van der Waals surface area contributed by atoms with Crippen LogP contribution in [0, 0.1) is 0 Å². The first kappa shape index (κ1) is 16.0. The Morgan fingerprint density at radius 1 is 1.09 bits per heavy atom. The van der Waals surface area contributed by atoms with Crippen molar-refractivity contribution in [3.05, 3.63) is 54.1 Å². The molecular formula is C18H21NO3. The summed E-state index contributed by atoms with van der Waals surface area (Å²) in [4.78, 5) is 11.2. The molecule has 0 unspecified atom stereocenters. The second-order valence-electron chi connectivity index (χ2n) is 4.91. The number of Topliss-reactive ketones (excluding diaryl/α,β-unsaturated/α-hetero) is 1. The van der Waals surface area contributed by atoms with E-state index < -0.39 is 0 Å². The largest absolute Gasteiger partial charge is 0.457 e. The van der Waals surface area contributed by atoms with Gasteiger partial charge < -0.3 is 14.8 Å². The Morgan fingerprint density at radius 2 is 1.86 bits per heavy atom. The van der Waals surface area contributed by atoms with Crippen molar-refractivity contribution in [2.24, 2.45) is 0 Å². The molecule has 0 radical (unpaired) electrons. The predicted molar refractivity (Wildman–Crippen MR) is 87.5 cm³/mol. The van der Waals surface area contributed by atoms with Crippen LogP contribution in [0.3, 0.4) is 0 Å². The van der Waals surface area contributed by atoms with Gasteiger partial charge in [0.15, 0.2) is 5.78 Å². The number of nitrogens with one attached hydrogen (secondary N) is 1. The monoisotopic (exact) mass is 299 g/mol. The lowest BCUT2D eigenvalue weighted by Crippen LogP contribution is -2.06. The summed E-state index contributed by atoms with van der Waals surface area (Å²) in [6.07, 6.45) is 0.512. The van der Waals surface area contributed by atoms with Crippen LogP contribution in [-0.4, -0.2) is 19.4 Å². The molecule has 0 aliphatic rings.